The maximum absolute atomic E-state index is 13.7. The van der Waals surface area contributed by atoms with Crippen molar-refractivity contribution in [3.05, 3.63) is 71.3 Å². The van der Waals surface area contributed by atoms with Crippen molar-refractivity contribution in [3.63, 3.8) is 0 Å². The Hall–Kier alpha value is -4.22. The van der Waals surface area contributed by atoms with Crippen molar-refractivity contribution in [3.8, 4) is 22.6 Å². The van der Waals surface area contributed by atoms with Gasteiger partial charge in [-0.05, 0) is 42.0 Å². The van der Waals surface area contributed by atoms with Crippen LogP contribution in [0.4, 0.5) is 22.0 Å². The van der Waals surface area contributed by atoms with Crippen LogP contribution < -0.4 is 10.3 Å². The zero-order valence-electron chi connectivity index (χ0n) is 18.7. The smallest absolute Gasteiger partial charge is 0.390 e. The minimum atomic E-state index is -4.40. The highest BCUT2D eigenvalue weighted by molar-refractivity contribution is 5.92. The molecule has 0 unspecified atom stereocenters. The molecule has 12 heteroatoms. The van der Waals surface area contributed by atoms with Crippen LogP contribution in [0.2, 0.25) is 0 Å². The molecule has 5 rings (SSSR count). The first-order valence-electron chi connectivity index (χ1n) is 10.8. The number of hydrogen-bond donors (Lipinski definition) is 0. The van der Waals surface area contributed by atoms with Gasteiger partial charge in [-0.3, -0.25) is 9.48 Å². The first-order chi connectivity index (χ1) is 17.1. The van der Waals surface area contributed by atoms with Crippen LogP contribution in [0.3, 0.4) is 0 Å². The van der Waals surface area contributed by atoms with Crippen LogP contribution >= 0.6 is 0 Å². The Bertz CT molecular complexity index is 1620. The van der Waals surface area contributed by atoms with Crippen LogP contribution in [0, 0.1) is 0 Å². The lowest BCUT2D eigenvalue weighted by atomic mass is 10.1. The van der Waals surface area contributed by atoms with E-state index in [1.54, 1.807) is 36.1 Å². The van der Waals surface area contributed by atoms with E-state index in [4.69, 9.17) is 0 Å². The number of aromatic nitrogens is 5. The molecule has 0 aliphatic rings. The first kappa shape index (κ1) is 23.5. The van der Waals surface area contributed by atoms with Crippen molar-refractivity contribution in [2.45, 2.75) is 25.8 Å². The van der Waals surface area contributed by atoms with E-state index in [-0.39, 0.29) is 16.8 Å². The third-order valence-corrected chi connectivity index (χ3v) is 5.64. The molecular formula is C24H18F5N5O2. The number of nitrogens with zero attached hydrogens (tertiary/aromatic N) is 5. The van der Waals surface area contributed by atoms with Crippen LogP contribution in [0.1, 0.15) is 6.42 Å². The summed E-state index contributed by atoms with van der Waals surface area (Å²) in [6.07, 6.45) is -2.28. The standard InChI is InChI=1S/C24H18F5N5O2/c1-32-13-15-12-16(4-7-18(15)30-32)34-22(35)20(14-2-5-17(6-3-14)36-23(25)26)21-19(31-34)8-10-33(21)11-9-24(27,28)29/h2-8,10,12-13,23H,9,11H2,1H3. The Kier molecular flexibility index (Phi) is 5.73. The topological polar surface area (TPSA) is 66.9 Å². The number of hydrogen-bond acceptors (Lipinski definition) is 4. The van der Waals surface area contributed by atoms with Gasteiger partial charge in [-0.1, -0.05) is 12.1 Å². The average molecular weight is 503 g/mol. The predicted molar refractivity (Wildman–Crippen MR) is 122 cm³/mol. The summed E-state index contributed by atoms with van der Waals surface area (Å²) in [5.41, 5.74) is 1.48. The third-order valence-electron chi connectivity index (χ3n) is 5.64. The molecule has 0 spiro atoms. The average Bonchev–Trinajstić information content (AvgIpc) is 3.38. The summed E-state index contributed by atoms with van der Waals surface area (Å²) in [6.45, 7) is -3.44. The zero-order chi connectivity index (χ0) is 25.6. The van der Waals surface area contributed by atoms with E-state index < -0.39 is 31.3 Å². The Balaban J connectivity index is 1.71. The number of benzene rings is 2. The monoisotopic (exact) mass is 503 g/mol. The minimum absolute atomic E-state index is 0.0852. The molecule has 0 saturated carbocycles. The van der Waals surface area contributed by atoms with Gasteiger partial charge in [0.25, 0.3) is 5.56 Å². The molecular weight excluding hydrogens is 485 g/mol. The normalized spacial score (nSPS) is 12.2. The van der Waals surface area contributed by atoms with Gasteiger partial charge in [0.15, 0.2) is 0 Å². The SMILES string of the molecule is Cn1cc2cc(-n3nc4ccn(CCC(F)(F)F)c4c(-c4ccc(OC(F)F)cc4)c3=O)ccc2n1. The zero-order valence-corrected chi connectivity index (χ0v) is 18.7. The van der Waals surface area contributed by atoms with E-state index in [1.807, 2.05) is 0 Å². The number of ether oxygens (including phenoxy) is 1. The van der Waals surface area contributed by atoms with Gasteiger partial charge in [0, 0.05) is 31.4 Å². The van der Waals surface area contributed by atoms with Gasteiger partial charge in [0.2, 0.25) is 0 Å². The lowest BCUT2D eigenvalue weighted by Crippen LogP contribution is -2.24. The Morgan fingerprint density at radius 1 is 1.00 bits per heavy atom. The summed E-state index contributed by atoms with van der Waals surface area (Å²) >= 11 is 0. The van der Waals surface area contributed by atoms with Gasteiger partial charge >= 0.3 is 12.8 Å². The van der Waals surface area contributed by atoms with Crippen molar-refractivity contribution in [1.82, 2.24) is 24.1 Å². The highest BCUT2D eigenvalue weighted by Crippen LogP contribution is 2.30. The first-order valence-corrected chi connectivity index (χ1v) is 10.8. The van der Waals surface area contributed by atoms with Gasteiger partial charge in [-0.15, -0.1) is 0 Å². The molecule has 0 amide bonds. The van der Waals surface area contributed by atoms with E-state index in [1.165, 1.54) is 45.8 Å². The highest BCUT2D eigenvalue weighted by Gasteiger charge is 2.27. The summed E-state index contributed by atoms with van der Waals surface area (Å²) in [6, 6.07) is 12.0. The van der Waals surface area contributed by atoms with Gasteiger partial charge in [-0.2, -0.15) is 36.8 Å². The lowest BCUT2D eigenvalue weighted by molar-refractivity contribution is -0.136. The molecule has 0 saturated heterocycles. The van der Waals surface area contributed by atoms with Crippen LogP contribution in [-0.2, 0) is 13.6 Å². The number of alkyl halides is 5. The Morgan fingerprint density at radius 2 is 1.75 bits per heavy atom. The number of rotatable bonds is 6. The van der Waals surface area contributed by atoms with Crippen molar-refractivity contribution in [2.75, 3.05) is 0 Å². The van der Waals surface area contributed by atoms with Crippen LogP contribution in [0.25, 0.3) is 38.8 Å². The predicted octanol–water partition coefficient (Wildman–Crippen LogP) is 5.29. The molecule has 0 aliphatic carbocycles. The molecule has 3 heterocycles. The van der Waals surface area contributed by atoms with Crippen molar-refractivity contribution >= 4 is 21.9 Å². The molecule has 36 heavy (non-hydrogen) atoms. The third kappa shape index (κ3) is 4.53. The molecule has 0 N–H and O–H groups in total. The Morgan fingerprint density at radius 3 is 2.44 bits per heavy atom. The molecule has 0 aliphatic heterocycles. The fourth-order valence-corrected chi connectivity index (χ4v) is 4.11. The van der Waals surface area contributed by atoms with E-state index in [0.717, 1.165) is 5.39 Å². The van der Waals surface area contributed by atoms with Gasteiger partial charge in [0.1, 0.15) is 11.3 Å². The molecule has 0 radical (unpaired) electrons. The molecule has 0 atom stereocenters. The molecule has 0 fully saturated rings. The van der Waals surface area contributed by atoms with E-state index in [2.05, 4.69) is 14.9 Å². The van der Waals surface area contributed by atoms with Crippen LogP contribution in [0.15, 0.2) is 65.7 Å². The number of aryl methyl sites for hydroxylation is 2. The Labute approximate surface area is 199 Å². The molecule has 3 aromatic heterocycles. The summed E-state index contributed by atoms with van der Waals surface area (Å²) in [4.78, 5) is 13.7. The lowest BCUT2D eigenvalue weighted by Gasteiger charge is -2.14. The summed E-state index contributed by atoms with van der Waals surface area (Å²) in [7, 11) is 1.76. The quantitative estimate of drug-likeness (QED) is 0.295. The van der Waals surface area contributed by atoms with Gasteiger partial charge in [-0.25, -0.2) is 0 Å². The molecule has 5 aromatic rings. The highest BCUT2D eigenvalue weighted by atomic mass is 19.4. The molecule has 2 aromatic carbocycles. The summed E-state index contributed by atoms with van der Waals surface area (Å²) < 4.78 is 72.5. The van der Waals surface area contributed by atoms with Crippen molar-refractivity contribution < 1.29 is 26.7 Å². The molecule has 186 valence electrons. The maximum atomic E-state index is 13.7. The maximum Gasteiger partial charge on any atom is 0.390 e. The van der Waals surface area contributed by atoms with Crippen LogP contribution in [0.5, 0.6) is 5.75 Å². The second kappa shape index (κ2) is 8.77. The molecule has 0 bridgehead atoms. The largest absolute Gasteiger partial charge is 0.435 e. The second-order valence-electron chi connectivity index (χ2n) is 8.15. The number of fused-ring (bicyclic) bond motifs is 2. The van der Waals surface area contributed by atoms with Gasteiger partial charge < -0.3 is 9.30 Å². The fourth-order valence-electron chi connectivity index (χ4n) is 4.11. The van der Waals surface area contributed by atoms with E-state index >= 15 is 0 Å². The van der Waals surface area contributed by atoms with Crippen molar-refractivity contribution in [2.24, 2.45) is 7.05 Å². The number of halogens is 5. The van der Waals surface area contributed by atoms with Gasteiger partial charge in [0.05, 0.1) is 28.7 Å². The fraction of sp³-hybridized carbons (Fsp3) is 0.208. The van der Waals surface area contributed by atoms with E-state index in [0.29, 0.717) is 22.3 Å². The van der Waals surface area contributed by atoms with Crippen LogP contribution in [-0.4, -0.2) is 36.9 Å². The van der Waals surface area contributed by atoms with E-state index in [9.17, 15) is 26.7 Å². The minimum Gasteiger partial charge on any atom is -0.435 e. The summed E-state index contributed by atoms with van der Waals surface area (Å²) in [5.74, 6) is -0.117. The summed E-state index contributed by atoms with van der Waals surface area (Å²) in [5, 5.41) is 9.49. The molecule has 7 nitrogen and oxygen atoms in total. The van der Waals surface area contributed by atoms with Crippen molar-refractivity contribution in [1.29, 1.82) is 0 Å². The second-order valence-corrected chi connectivity index (χ2v) is 8.15.